The molecule has 1 aliphatic heterocycles. The molecule has 2 amide bonds. The summed E-state index contributed by atoms with van der Waals surface area (Å²) < 4.78 is 5.36. The molecule has 0 spiro atoms. The summed E-state index contributed by atoms with van der Waals surface area (Å²) >= 11 is 0. The number of aromatic nitrogens is 1. The van der Waals surface area contributed by atoms with Crippen molar-refractivity contribution in [2.45, 2.75) is 25.9 Å². The number of H-pyrrole nitrogens is 1. The van der Waals surface area contributed by atoms with Crippen LogP contribution in [0.2, 0.25) is 0 Å². The fourth-order valence-electron chi connectivity index (χ4n) is 4.91. The van der Waals surface area contributed by atoms with E-state index in [4.69, 9.17) is 4.74 Å². The maximum atomic E-state index is 13.5. The lowest BCUT2D eigenvalue weighted by Gasteiger charge is -2.41. The third-order valence-corrected chi connectivity index (χ3v) is 6.86. The molecule has 1 atom stereocenters. The monoisotopic (exact) mass is 495 g/mol. The lowest BCUT2D eigenvalue weighted by Crippen LogP contribution is -2.58. The Morgan fingerprint density at radius 2 is 1.76 bits per heavy atom. The highest BCUT2D eigenvalue weighted by molar-refractivity contribution is 6.02. The van der Waals surface area contributed by atoms with Crippen molar-refractivity contribution in [3.63, 3.8) is 0 Å². The first-order valence-corrected chi connectivity index (χ1v) is 12.3. The molecule has 4 aromatic rings. The smallest absolute Gasteiger partial charge is 0.270 e. The average Bonchev–Trinajstić information content (AvgIpc) is 3.34. The van der Waals surface area contributed by atoms with Crippen molar-refractivity contribution in [2.24, 2.45) is 0 Å². The molecule has 7 nitrogen and oxygen atoms in total. The zero-order chi connectivity index (χ0) is 25.9. The van der Waals surface area contributed by atoms with Crippen LogP contribution in [-0.2, 0) is 17.8 Å². The highest BCUT2D eigenvalue weighted by atomic mass is 16.5. The number of rotatable bonds is 7. The summed E-state index contributed by atoms with van der Waals surface area (Å²) in [7, 11) is 1.62. The Morgan fingerprint density at radius 1 is 0.973 bits per heavy atom. The fourth-order valence-corrected chi connectivity index (χ4v) is 4.91. The third-order valence-electron chi connectivity index (χ3n) is 6.86. The zero-order valence-corrected chi connectivity index (χ0v) is 20.9. The Kier molecular flexibility index (Phi) is 6.77. The highest BCUT2D eigenvalue weighted by Gasteiger charge is 2.35. The van der Waals surface area contributed by atoms with Gasteiger partial charge in [0, 0.05) is 29.6 Å². The fraction of sp³-hybridized carbons (Fsp3) is 0.233. The molecular weight excluding hydrogens is 466 g/mol. The molecule has 0 unspecified atom stereocenters. The van der Waals surface area contributed by atoms with E-state index in [1.807, 2.05) is 59.5 Å². The van der Waals surface area contributed by atoms with Gasteiger partial charge in [-0.05, 0) is 60.9 Å². The van der Waals surface area contributed by atoms with Gasteiger partial charge in [0.15, 0.2) is 5.78 Å². The number of fused-ring (bicyclic) bond motifs is 1. The van der Waals surface area contributed by atoms with E-state index in [9.17, 15) is 14.4 Å². The molecule has 188 valence electrons. The molecule has 0 bridgehead atoms. The van der Waals surface area contributed by atoms with Crippen molar-refractivity contribution >= 4 is 28.5 Å². The highest BCUT2D eigenvalue weighted by Crippen LogP contribution is 2.24. The van der Waals surface area contributed by atoms with Crippen LogP contribution >= 0.6 is 0 Å². The topological polar surface area (TPSA) is 82.7 Å². The van der Waals surface area contributed by atoms with Gasteiger partial charge in [0.2, 0.25) is 5.91 Å². The number of ketones is 1. The van der Waals surface area contributed by atoms with Gasteiger partial charge in [-0.2, -0.15) is 0 Å². The molecule has 1 aliphatic rings. The largest absolute Gasteiger partial charge is 0.497 e. The maximum Gasteiger partial charge on any atom is 0.270 e. The molecule has 0 saturated carbocycles. The number of methoxy groups -OCH3 is 1. The second kappa shape index (κ2) is 10.3. The Hall–Kier alpha value is -4.39. The quantitative estimate of drug-likeness (QED) is 0.384. The van der Waals surface area contributed by atoms with E-state index < -0.39 is 0 Å². The average molecular weight is 496 g/mol. The Labute approximate surface area is 215 Å². The van der Waals surface area contributed by atoms with Crippen LogP contribution in [0.25, 0.3) is 10.9 Å². The Balaban J connectivity index is 1.41. The molecule has 0 aliphatic carbocycles. The van der Waals surface area contributed by atoms with E-state index in [-0.39, 0.29) is 30.2 Å². The molecule has 7 heteroatoms. The minimum absolute atomic E-state index is 0.00214. The summed E-state index contributed by atoms with van der Waals surface area (Å²) in [5.74, 6) is 0.383. The maximum absolute atomic E-state index is 13.5. The number of ether oxygens (including phenoxy) is 1. The first kappa shape index (κ1) is 24.3. The minimum Gasteiger partial charge on any atom is -0.497 e. The van der Waals surface area contributed by atoms with Crippen molar-refractivity contribution in [3.05, 3.63) is 101 Å². The number of piperazine rings is 1. The van der Waals surface area contributed by atoms with E-state index >= 15 is 0 Å². The molecule has 1 N–H and O–H groups in total. The van der Waals surface area contributed by atoms with Crippen molar-refractivity contribution in [3.8, 4) is 5.75 Å². The van der Waals surface area contributed by atoms with Gasteiger partial charge in [0.25, 0.3) is 5.91 Å². The molecular formula is C30H29N3O4. The summed E-state index contributed by atoms with van der Waals surface area (Å²) in [6.07, 6.45) is 0.634. The molecule has 1 aromatic heterocycles. The van der Waals surface area contributed by atoms with Crippen LogP contribution in [0.1, 0.15) is 38.9 Å². The number of hydrogen-bond donors (Lipinski definition) is 1. The van der Waals surface area contributed by atoms with E-state index in [1.54, 1.807) is 36.3 Å². The zero-order valence-electron chi connectivity index (χ0n) is 20.9. The molecule has 37 heavy (non-hydrogen) atoms. The Morgan fingerprint density at radius 3 is 2.51 bits per heavy atom. The van der Waals surface area contributed by atoms with Gasteiger partial charge in [-0.15, -0.1) is 0 Å². The van der Waals surface area contributed by atoms with Gasteiger partial charge in [-0.3, -0.25) is 14.4 Å². The van der Waals surface area contributed by atoms with Crippen LogP contribution in [0, 0.1) is 0 Å². The predicted molar refractivity (Wildman–Crippen MR) is 142 cm³/mol. The van der Waals surface area contributed by atoms with Gasteiger partial charge in [0.1, 0.15) is 18.0 Å². The van der Waals surface area contributed by atoms with Crippen LogP contribution in [-0.4, -0.2) is 58.6 Å². The van der Waals surface area contributed by atoms with E-state index in [0.29, 0.717) is 30.8 Å². The van der Waals surface area contributed by atoms with Crippen molar-refractivity contribution in [2.75, 3.05) is 20.2 Å². The molecule has 1 saturated heterocycles. The summed E-state index contributed by atoms with van der Waals surface area (Å²) in [6.45, 7) is 2.37. The SMILES string of the molecule is COc1cccc(CN2C(=O)CN(C(=O)c3cc4cc(C(C)=O)ccc4[nH]3)C[C@@H]2Cc2ccccc2)c1. The van der Waals surface area contributed by atoms with Crippen LogP contribution in [0.4, 0.5) is 0 Å². The number of nitrogens with one attached hydrogen (secondary N) is 1. The van der Waals surface area contributed by atoms with E-state index in [0.717, 1.165) is 27.8 Å². The summed E-state index contributed by atoms with van der Waals surface area (Å²) in [5.41, 5.74) is 3.85. The number of aromatic amines is 1. The first-order valence-electron chi connectivity index (χ1n) is 12.3. The van der Waals surface area contributed by atoms with Gasteiger partial charge >= 0.3 is 0 Å². The lowest BCUT2D eigenvalue weighted by atomic mass is 10.0. The van der Waals surface area contributed by atoms with Crippen LogP contribution in [0.3, 0.4) is 0 Å². The standard InChI is InChI=1S/C30H29N3O4/c1-20(34)23-11-12-27-24(15-23)16-28(31-27)30(36)32-18-25(13-21-7-4-3-5-8-21)33(29(35)19-32)17-22-9-6-10-26(14-22)37-2/h3-12,14-16,25,31H,13,17-19H2,1-2H3/t25-/m0/s1. The van der Waals surface area contributed by atoms with Crippen molar-refractivity contribution in [1.29, 1.82) is 0 Å². The number of benzene rings is 3. The minimum atomic E-state index is -0.229. The molecule has 1 fully saturated rings. The summed E-state index contributed by atoms with van der Waals surface area (Å²) in [5, 5.41) is 0.792. The number of amides is 2. The predicted octanol–water partition coefficient (Wildman–Crippen LogP) is 4.48. The number of hydrogen-bond acceptors (Lipinski definition) is 4. The van der Waals surface area contributed by atoms with E-state index in [1.165, 1.54) is 6.92 Å². The lowest BCUT2D eigenvalue weighted by molar-refractivity contribution is -0.139. The van der Waals surface area contributed by atoms with Crippen LogP contribution < -0.4 is 4.74 Å². The summed E-state index contributed by atoms with van der Waals surface area (Å²) in [4.78, 5) is 45.4. The van der Waals surface area contributed by atoms with Crippen molar-refractivity contribution < 1.29 is 19.1 Å². The molecule has 3 aromatic carbocycles. The normalized spacial score (nSPS) is 15.7. The molecule has 0 radical (unpaired) electrons. The van der Waals surface area contributed by atoms with Crippen LogP contribution in [0.5, 0.6) is 5.75 Å². The van der Waals surface area contributed by atoms with Gasteiger partial charge < -0.3 is 19.5 Å². The van der Waals surface area contributed by atoms with Gasteiger partial charge in [-0.25, -0.2) is 0 Å². The number of nitrogens with zero attached hydrogens (tertiary/aromatic N) is 2. The first-order chi connectivity index (χ1) is 17.9. The number of Topliss-reactive ketones (excluding diaryl/α,β-unsaturated/α-hetero) is 1. The Bertz CT molecular complexity index is 1460. The van der Waals surface area contributed by atoms with Gasteiger partial charge in [-0.1, -0.05) is 42.5 Å². The number of carbonyl (C=O) groups excluding carboxylic acids is 3. The van der Waals surface area contributed by atoms with Gasteiger partial charge in [0.05, 0.1) is 13.2 Å². The number of carbonyl (C=O) groups is 3. The molecule has 2 heterocycles. The second-order valence-electron chi connectivity index (χ2n) is 9.44. The van der Waals surface area contributed by atoms with E-state index in [2.05, 4.69) is 4.98 Å². The molecule has 5 rings (SSSR count). The third kappa shape index (κ3) is 5.26. The summed E-state index contributed by atoms with van der Waals surface area (Å²) in [6, 6.07) is 24.6. The van der Waals surface area contributed by atoms with Crippen molar-refractivity contribution in [1.82, 2.24) is 14.8 Å². The second-order valence-corrected chi connectivity index (χ2v) is 9.44. The van der Waals surface area contributed by atoms with Crippen LogP contribution in [0.15, 0.2) is 78.9 Å².